The van der Waals surface area contributed by atoms with Crippen LogP contribution in [0.4, 0.5) is 0 Å². The third kappa shape index (κ3) is 2.09. The Morgan fingerprint density at radius 2 is 2.00 bits per heavy atom. The number of fused-ring (bicyclic) bond motifs is 1. The number of Topliss-reactive ketones (excluding diaryl/α,β-unsaturated/α-hetero) is 1. The van der Waals surface area contributed by atoms with Crippen LogP contribution in [-0.4, -0.2) is 12.9 Å². The first-order valence-electron chi connectivity index (χ1n) is 6.07. The SMILES string of the molecule is COc1ccc(I)cc1C(=O)C1CC2CC2C1. The zero-order valence-electron chi connectivity index (χ0n) is 9.78. The second-order valence-corrected chi connectivity index (χ2v) is 6.38. The van der Waals surface area contributed by atoms with E-state index in [4.69, 9.17) is 4.74 Å². The first-order valence-corrected chi connectivity index (χ1v) is 7.14. The summed E-state index contributed by atoms with van der Waals surface area (Å²) in [5.74, 6) is 2.94. The van der Waals surface area contributed by atoms with Crippen LogP contribution in [0.2, 0.25) is 0 Å². The number of benzene rings is 1. The van der Waals surface area contributed by atoms with E-state index in [1.165, 1.54) is 6.42 Å². The van der Waals surface area contributed by atoms with E-state index >= 15 is 0 Å². The van der Waals surface area contributed by atoms with E-state index in [1.54, 1.807) is 7.11 Å². The van der Waals surface area contributed by atoms with Crippen molar-refractivity contribution in [2.45, 2.75) is 19.3 Å². The van der Waals surface area contributed by atoms with Crippen molar-refractivity contribution < 1.29 is 9.53 Å². The van der Waals surface area contributed by atoms with E-state index in [0.717, 1.165) is 39.6 Å². The molecule has 90 valence electrons. The average molecular weight is 342 g/mol. The van der Waals surface area contributed by atoms with Crippen LogP contribution in [0.15, 0.2) is 18.2 Å². The fraction of sp³-hybridized carbons (Fsp3) is 0.500. The van der Waals surface area contributed by atoms with Crippen molar-refractivity contribution in [3.8, 4) is 5.75 Å². The van der Waals surface area contributed by atoms with Gasteiger partial charge in [-0.25, -0.2) is 0 Å². The van der Waals surface area contributed by atoms with Gasteiger partial charge in [-0.3, -0.25) is 4.79 Å². The molecule has 3 heteroatoms. The topological polar surface area (TPSA) is 26.3 Å². The average Bonchev–Trinajstić information content (AvgIpc) is 2.95. The molecule has 0 radical (unpaired) electrons. The van der Waals surface area contributed by atoms with E-state index < -0.39 is 0 Å². The summed E-state index contributed by atoms with van der Waals surface area (Å²) >= 11 is 2.24. The molecule has 0 heterocycles. The van der Waals surface area contributed by atoms with Gasteiger partial charge in [-0.2, -0.15) is 0 Å². The van der Waals surface area contributed by atoms with Gasteiger partial charge >= 0.3 is 0 Å². The highest BCUT2D eigenvalue weighted by atomic mass is 127. The maximum absolute atomic E-state index is 12.5. The second kappa shape index (κ2) is 4.26. The van der Waals surface area contributed by atoms with E-state index in [9.17, 15) is 4.79 Å². The molecule has 2 aliphatic rings. The van der Waals surface area contributed by atoms with E-state index in [0.29, 0.717) is 0 Å². The number of hydrogen-bond donors (Lipinski definition) is 0. The second-order valence-electron chi connectivity index (χ2n) is 5.13. The highest BCUT2D eigenvalue weighted by molar-refractivity contribution is 14.1. The molecule has 2 aliphatic carbocycles. The number of ketones is 1. The predicted molar refractivity (Wildman–Crippen MR) is 74.4 cm³/mol. The molecule has 0 aliphatic heterocycles. The first kappa shape index (κ1) is 11.5. The molecule has 0 aromatic heterocycles. The number of methoxy groups -OCH3 is 1. The van der Waals surface area contributed by atoms with Crippen molar-refractivity contribution in [1.82, 2.24) is 0 Å². The van der Waals surface area contributed by atoms with Crippen LogP contribution in [0.5, 0.6) is 5.75 Å². The number of hydrogen-bond acceptors (Lipinski definition) is 2. The lowest BCUT2D eigenvalue weighted by Crippen LogP contribution is -2.14. The molecule has 2 saturated carbocycles. The molecule has 1 aromatic rings. The van der Waals surface area contributed by atoms with Gasteiger partial charge in [0.05, 0.1) is 12.7 Å². The number of carbonyl (C=O) groups is 1. The molecule has 2 unspecified atom stereocenters. The molecular formula is C14H15IO2. The van der Waals surface area contributed by atoms with Gasteiger partial charge in [0.25, 0.3) is 0 Å². The highest BCUT2D eigenvalue weighted by Gasteiger charge is 2.48. The first-order chi connectivity index (χ1) is 8.19. The number of ether oxygens (including phenoxy) is 1. The lowest BCUT2D eigenvalue weighted by molar-refractivity contribution is 0.0911. The van der Waals surface area contributed by atoms with Gasteiger partial charge < -0.3 is 4.74 Å². The standard InChI is InChI=1S/C14H15IO2/c1-17-13-3-2-11(15)7-12(13)14(16)10-5-8-4-9(8)6-10/h2-3,7-10H,4-6H2,1H3. The van der Waals surface area contributed by atoms with E-state index in [1.807, 2.05) is 18.2 Å². The van der Waals surface area contributed by atoms with Crippen molar-refractivity contribution >= 4 is 28.4 Å². The molecule has 0 spiro atoms. The number of carbonyl (C=O) groups excluding carboxylic acids is 1. The Morgan fingerprint density at radius 1 is 1.29 bits per heavy atom. The minimum absolute atomic E-state index is 0.242. The molecule has 0 bridgehead atoms. The maximum Gasteiger partial charge on any atom is 0.169 e. The van der Waals surface area contributed by atoms with E-state index in [-0.39, 0.29) is 11.7 Å². The van der Waals surface area contributed by atoms with Crippen molar-refractivity contribution in [2.24, 2.45) is 17.8 Å². The van der Waals surface area contributed by atoms with Crippen LogP contribution in [0.1, 0.15) is 29.6 Å². The molecule has 0 amide bonds. The number of rotatable bonds is 3. The van der Waals surface area contributed by atoms with Gasteiger partial charge in [0.1, 0.15) is 5.75 Å². The summed E-state index contributed by atoms with van der Waals surface area (Å²) in [5, 5.41) is 0. The zero-order chi connectivity index (χ0) is 12.0. The van der Waals surface area contributed by atoms with E-state index in [2.05, 4.69) is 22.6 Å². The normalized spacial score (nSPS) is 29.9. The van der Waals surface area contributed by atoms with Gasteiger partial charge in [0.15, 0.2) is 5.78 Å². The fourth-order valence-electron chi connectivity index (χ4n) is 3.02. The lowest BCUT2D eigenvalue weighted by Gasteiger charge is -2.13. The summed E-state index contributed by atoms with van der Waals surface area (Å²) in [6.45, 7) is 0. The molecule has 0 saturated heterocycles. The van der Waals surface area contributed by atoms with Crippen molar-refractivity contribution in [3.63, 3.8) is 0 Å². The minimum Gasteiger partial charge on any atom is -0.496 e. The lowest BCUT2D eigenvalue weighted by atomic mass is 9.93. The highest BCUT2D eigenvalue weighted by Crippen LogP contribution is 2.55. The summed E-state index contributed by atoms with van der Waals surface area (Å²) in [4.78, 5) is 12.5. The molecule has 2 nitrogen and oxygen atoms in total. The largest absolute Gasteiger partial charge is 0.496 e. The van der Waals surface area contributed by atoms with Gasteiger partial charge in [0, 0.05) is 9.49 Å². The summed E-state index contributed by atoms with van der Waals surface area (Å²) in [7, 11) is 1.63. The van der Waals surface area contributed by atoms with Gasteiger partial charge in [0.2, 0.25) is 0 Å². The molecular weight excluding hydrogens is 327 g/mol. The van der Waals surface area contributed by atoms with Crippen LogP contribution < -0.4 is 4.74 Å². The van der Waals surface area contributed by atoms with Crippen LogP contribution >= 0.6 is 22.6 Å². The number of halogens is 1. The summed E-state index contributed by atoms with van der Waals surface area (Å²) in [6.07, 6.45) is 3.55. The van der Waals surface area contributed by atoms with Crippen LogP contribution in [0, 0.1) is 21.3 Å². The maximum atomic E-state index is 12.5. The fourth-order valence-corrected chi connectivity index (χ4v) is 3.51. The third-order valence-corrected chi connectivity index (χ3v) is 4.71. The molecule has 1 aromatic carbocycles. The minimum atomic E-state index is 0.242. The Bertz CT molecular complexity index is 459. The Kier molecular flexibility index (Phi) is 2.89. The van der Waals surface area contributed by atoms with Crippen LogP contribution in [0.25, 0.3) is 0 Å². The molecule has 0 N–H and O–H groups in total. The molecule has 3 rings (SSSR count). The van der Waals surface area contributed by atoms with Crippen molar-refractivity contribution in [3.05, 3.63) is 27.3 Å². The Hall–Kier alpha value is -0.580. The zero-order valence-corrected chi connectivity index (χ0v) is 11.9. The Morgan fingerprint density at radius 3 is 2.65 bits per heavy atom. The molecule has 17 heavy (non-hydrogen) atoms. The van der Waals surface area contributed by atoms with Crippen molar-refractivity contribution in [1.29, 1.82) is 0 Å². The van der Waals surface area contributed by atoms with Crippen molar-refractivity contribution in [2.75, 3.05) is 7.11 Å². The molecule has 2 fully saturated rings. The summed E-state index contributed by atoms with van der Waals surface area (Å²) in [5.41, 5.74) is 0.769. The summed E-state index contributed by atoms with van der Waals surface area (Å²) < 4.78 is 6.39. The monoisotopic (exact) mass is 342 g/mol. The quantitative estimate of drug-likeness (QED) is 0.621. The van der Waals surface area contributed by atoms with Gasteiger partial charge in [-0.05, 0) is 71.9 Å². The Labute approximate surface area is 115 Å². The molecule has 2 atom stereocenters. The predicted octanol–water partition coefficient (Wildman–Crippen LogP) is 3.53. The van der Waals surface area contributed by atoms with Gasteiger partial charge in [-0.15, -0.1) is 0 Å². The summed E-state index contributed by atoms with van der Waals surface area (Å²) in [6, 6.07) is 5.82. The third-order valence-electron chi connectivity index (χ3n) is 4.04. The van der Waals surface area contributed by atoms with Gasteiger partial charge in [-0.1, -0.05) is 0 Å². The Balaban J connectivity index is 1.87. The van der Waals surface area contributed by atoms with Crippen LogP contribution in [0.3, 0.4) is 0 Å². The smallest absolute Gasteiger partial charge is 0.169 e. The van der Waals surface area contributed by atoms with Crippen LogP contribution in [-0.2, 0) is 0 Å².